The van der Waals surface area contributed by atoms with Gasteiger partial charge in [-0.05, 0) is 13.2 Å². The van der Waals surface area contributed by atoms with Crippen molar-refractivity contribution >= 4 is 17.5 Å². The van der Waals surface area contributed by atoms with Crippen LogP contribution >= 0.6 is 11.8 Å². The smallest absolute Gasteiger partial charge is 0.161 e. The molecule has 1 aromatic heterocycles. The lowest BCUT2D eigenvalue weighted by Crippen LogP contribution is -2.04. The number of aliphatic imine (C=N–C) groups is 1. The Morgan fingerprint density at radius 2 is 1.62 bits per heavy atom. The van der Waals surface area contributed by atoms with Crippen molar-refractivity contribution in [1.29, 1.82) is 0 Å². The van der Waals surface area contributed by atoms with Crippen LogP contribution in [0.4, 0.5) is 0 Å². The molecule has 3 aromatic rings. The van der Waals surface area contributed by atoms with Gasteiger partial charge < -0.3 is 0 Å². The number of aromatic nitrogens is 2. The van der Waals surface area contributed by atoms with E-state index in [2.05, 4.69) is 37.4 Å². The SMILES string of the molecule is CCN=C1c2ccccc2-c2nc(-c3ccccc3)nc(SC)c21. The van der Waals surface area contributed by atoms with Gasteiger partial charge in [-0.15, -0.1) is 11.8 Å². The first-order valence-electron chi connectivity index (χ1n) is 7.99. The monoisotopic (exact) mass is 331 g/mol. The molecular weight excluding hydrogens is 314 g/mol. The van der Waals surface area contributed by atoms with E-state index < -0.39 is 0 Å². The third-order valence-corrected chi connectivity index (χ3v) is 4.77. The second kappa shape index (κ2) is 6.21. The van der Waals surface area contributed by atoms with E-state index in [9.17, 15) is 0 Å². The van der Waals surface area contributed by atoms with Crippen LogP contribution in [0.3, 0.4) is 0 Å². The van der Waals surface area contributed by atoms with Crippen molar-refractivity contribution in [2.45, 2.75) is 11.9 Å². The molecule has 0 bridgehead atoms. The summed E-state index contributed by atoms with van der Waals surface area (Å²) < 4.78 is 0. The van der Waals surface area contributed by atoms with E-state index in [1.165, 1.54) is 0 Å². The van der Waals surface area contributed by atoms with E-state index in [4.69, 9.17) is 15.0 Å². The van der Waals surface area contributed by atoms with Gasteiger partial charge in [-0.25, -0.2) is 9.97 Å². The molecule has 3 nitrogen and oxygen atoms in total. The number of benzene rings is 2. The Hall–Kier alpha value is -2.46. The molecule has 24 heavy (non-hydrogen) atoms. The normalized spacial score (nSPS) is 13.8. The topological polar surface area (TPSA) is 38.1 Å². The van der Waals surface area contributed by atoms with Crippen molar-refractivity contribution in [2.75, 3.05) is 12.8 Å². The largest absolute Gasteiger partial charge is 0.284 e. The van der Waals surface area contributed by atoms with E-state index in [0.717, 1.165) is 51.1 Å². The number of nitrogens with zero attached hydrogens (tertiary/aromatic N) is 3. The zero-order valence-corrected chi connectivity index (χ0v) is 14.5. The molecule has 4 heteroatoms. The van der Waals surface area contributed by atoms with Gasteiger partial charge in [0.15, 0.2) is 5.82 Å². The summed E-state index contributed by atoms with van der Waals surface area (Å²) in [4.78, 5) is 14.5. The third kappa shape index (κ3) is 2.34. The van der Waals surface area contributed by atoms with Gasteiger partial charge in [0.25, 0.3) is 0 Å². The van der Waals surface area contributed by atoms with E-state index in [-0.39, 0.29) is 0 Å². The fourth-order valence-corrected chi connectivity index (χ4v) is 3.64. The molecule has 0 saturated carbocycles. The first kappa shape index (κ1) is 15.1. The zero-order valence-electron chi connectivity index (χ0n) is 13.7. The Morgan fingerprint density at radius 3 is 2.33 bits per heavy atom. The van der Waals surface area contributed by atoms with Gasteiger partial charge in [-0.1, -0.05) is 54.6 Å². The minimum Gasteiger partial charge on any atom is -0.284 e. The molecule has 118 valence electrons. The summed E-state index contributed by atoms with van der Waals surface area (Å²) in [7, 11) is 0. The summed E-state index contributed by atoms with van der Waals surface area (Å²) >= 11 is 1.65. The van der Waals surface area contributed by atoms with Crippen molar-refractivity contribution in [3.63, 3.8) is 0 Å². The van der Waals surface area contributed by atoms with Crippen LogP contribution in [0.15, 0.2) is 64.6 Å². The molecule has 0 aliphatic heterocycles. The van der Waals surface area contributed by atoms with Crippen molar-refractivity contribution in [2.24, 2.45) is 4.99 Å². The lowest BCUT2D eigenvalue weighted by atomic mass is 10.1. The standard InChI is InChI=1S/C20H17N3S/c1-3-21-17-14-11-7-8-12-15(14)18-16(17)20(24-2)23-19(22-18)13-9-5-4-6-10-13/h4-12H,3H2,1-2H3. The maximum Gasteiger partial charge on any atom is 0.161 e. The van der Waals surface area contributed by atoms with Crippen molar-refractivity contribution in [1.82, 2.24) is 9.97 Å². The van der Waals surface area contributed by atoms with Crippen LogP contribution in [0.1, 0.15) is 18.1 Å². The third-order valence-electron chi connectivity index (χ3n) is 4.09. The van der Waals surface area contributed by atoms with E-state index in [0.29, 0.717) is 0 Å². The second-order valence-electron chi connectivity index (χ2n) is 5.51. The predicted molar refractivity (Wildman–Crippen MR) is 101 cm³/mol. The highest BCUT2D eigenvalue weighted by atomic mass is 32.2. The number of fused-ring (bicyclic) bond motifs is 3. The molecule has 0 atom stereocenters. The van der Waals surface area contributed by atoms with E-state index >= 15 is 0 Å². The maximum atomic E-state index is 4.90. The molecule has 0 radical (unpaired) electrons. The van der Waals surface area contributed by atoms with Crippen molar-refractivity contribution < 1.29 is 0 Å². The highest BCUT2D eigenvalue weighted by Gasteiger charge is 2.30. The van der Waals surface area contributed by atoms with Crippen LogP contribution in [0, 0.1) is 0 Å². The van der Waals surface area contributed by atoms with Gasteiger partial charge in [-0.3, -0.25) is 4.99 Å². The Bertz CT molecular complexity index is 933. The molecule has 1 heterocycles. The summed E-state index contributed by atoms with van der Waals surface area (Å²) in [6.45, 7) is 2.81. The van der Waals surface area contributed by atoms with Gasteiger partial charge in [0, 0.05) is 23.2 Å². The fraction of sp³-hybridized carbons (Fsp3) is 0.150. The molecule has 0 unspecified atom stereocenters. The summed E-state index contributed by atoms with van der Waals surface area (Å²) in [5, 5.41) is 0.988. The molecule has 2 aromatic carbocycles. The van der Waals surface area contributed by atoms with Crippen LogP contribution in [-0.2, 0) is 0 Å². The van der Waals surface area contributed by atoms with Crippen molar-refractivity contribution in [3.05, 3.63) is 65.7 Å². The summed E-state index contributed by atoms with van der Waals surface area (Å²) in [6, 6.07) is 18.5. The number of hydrogen-bond donors (Lipinski definition) is 0. The van der Waals surface area contributed by atoms with Crippen LogP contribution in [0.5, 0.6) is 0 Å². The Balaban J connectivity index is 2.02. The van der Waals surface area contributed by atoms with Gasteiger partial charge in [0.05, 0.1) is 17.0 Å². The molecule has 0 spiro atoms. The highest BCUT2D eigenvalue weighted by Crippen LogP contribution is 2.40. The van der Waals surface area contributed by atoms with Gasteiger partial charge >= 0.3 is 0 Å². The summed E-state index contributed by atoms with van der Waals surface area (Å²) in [5.41, 5.74) is 6.43. The summed E-state index contributed by atoms with van der Waals surface area (Å²) in [5.74, 6) is 0.770. The van der Waals surface area contributed by atoms with Crippen LogP contribution in [0.2, 0.25) is 0 Å². The lowest BCUT2D eigenvalue weighted by Gasteiger charge is -2.09. The Labute approximate surface area is 145 Å². The minimum absolute atomic E-state index is 0.747. The quantitative estimate of drug-likeness (QED) is 0.403. The average molecular weight is 331 g/mol. The summed E-state index contributed by atoms with van der Waals surface area (Å²) in [6.07, 6.45) is 2.06. The number of thioether (sulfide) groups is 1. The molecule has 1 aliphatic carbocycles. The highest BCUT2D eigenvalue weighted by molar-refractivity contribution is 7.98. The lowest BCUT2D eigenvalue weighted by molar-refractivity contribution is 1.05. The van der Waals surface area contributed by atoms with E-state index in [1.807, 2.05) is 30.3 Å². The number of hydrogen-bond acceptors (Lipinski definition) is 4. The molecule has 0 fully saturated rings. The predicted octanol–water partition coefficient (Wildman–Crippen LogP) is 4.70. The molecule has 1 aliphatic rings. The minimum atomic E-state index is 0.747. The van der Waals surface area contributed by atoms with Crippen molar-refractivity contribution in [3.8, 4) is 22.6 Å². The van der Waals surface area contributed by atoms with Crippen LogP contribution in [-0.4, -0.2) is 28.5 Å². The molecule has 0 saturated heterocycles. The zero-order chi connectivity index (χ0) is 16.5. The van der Waals surface area contributed by atoms with Gasteiger partial charge in [0.2, 0.25) is 0 Å². The van der Waals surface area contributed by atoms with Gasteiger partial charge in [0.1, 0.15) is 5.03 Å². The first-order chi connectivity index (χ1) is 11.8. The first-order valence-corrected chi connectivity index (χ1v) is 9.22. The average Bonchev–Trinajstić information content (AvgIpc) is 2.96. The number of rotatable bonds is 3. The second-order valence-corrected chi connectivity index (χ2v) is 6.31. The molecule has 0 amide bonds. The Kier molecular flexibility index (Phi) is 3.90. The molecular formula is C20H17N3S. The fourth-order valence-electron chi connectivity index (χ4n) is 3.07. The molecule has 4 rings (SSSR count). The Morgan fingerprint density at radius 1 is 0.917 bits per heavy atom. The maximum absolute atomic E-state index is 4.90. The van der Waals surface area contributed by atoms with E-state index in [1.54, 1.807) is 11.8 Å². The molecule has 0 N–H and O–H groups in total. The van der Waals surface area contributed by atoms with Crippen LogP contribution < -0.4 is 0 Å². The van der Waals surface area contributed by atoms with Crippen LogP contribution in [0.25, 0.3) is 22.6 Å². The van der Waals surface area contributed by atoms with Gasteiger partial charge in [-0.2, -0.15) is 0 Å².